The van der Waals surface area contributed by atoms with Crippen LogP contribution >= 0.6 is 0 Å². The first-order valence-electron chi connectivity index (χ1n) is 4.38. The van der Waals surface area contributed by atoms with E-state index >= 15 is 0 Å². The fourth-order valence-corrected chi connectivity index (χ4v) is 1.40. The zero-order valence-corrected chi connectivity index (χ0v) is 7.29. The number of nitrogens with one attached hydrogen (secondary N) is 1. The van der Waals surface area contributed by atoms with Crippen molar-refractivity contribution in [2.45, 2.75) is 38.3 Å². The summed E-state index contributed by atoms with van der Waals surface area (Å²) in [5.74, 6) is -0.746. The second kappa shape index (κ2) is 4.26. The van der Waals surface area contributed by atoms with E-state index in [0.29, 0.717) is 12.5 Å². The van der Waals surface area contributed by atoms with Crippen LogP contribution in [-0.2, 0) is 4.79 Å². The number of aliphatic carboxylic acids is 1. The lowest BCUT2D eigenvalue weighted by Gasteiger charge is -2.17. The van der Waals surface area contributed by atoms with E-state index in [-0.39, 0.29) is 6.04 Å². The first-order valence-corrected chi connectivity index (χ1v) is 4.38. The number of hydrogen-bond acceptors (Lipinski definition) is 2. The Morgan fingerprint density at radius 2 is 2.25 bits per heavy atom. The highest BCUT2D eigenvalue weighted by atomic mass is 16.4. The van der Waals surface area contributed by atoms with Crippen LogP contribution in [0.3, 0.4) is 0 Å². The van der Waals surface area contributed by atoms with Crippen LogP contribution in [-0.4, -0.2) is 23.2 Å². The second-order valence-electron chi connectivity index (χ2n) is 3.11. The summed E-state index contributed by atoms with van der Waals surface area (Å²) in [4.78, 5) is 10.6. The second-order valence-corrected chi connectivity index (χ2v) is 3.11. The summed E-state index contributed by atoms with van der Waals surface area (Å²) in [6.45, 7) is 1.88. The molecule has 0 saturated carbocycles. The van der Waals surface area contributed by atoms with E-state index in [4.69, 9.17) is 5.11 Å². The Kier molecular flexibility index (Phi) is 3.29. The van der Waals surface area contributed by atoms with Gasteiger partial charge in [-0.05, 0) is 19.3 Å². The molecule has 0 radical (unpaired) electrons. The number of rotatable bonds is 4. The van der Waals surface area contributed by atoms with Crippen molar-refractivity contribution in [3.63, 3.8) is 0 Å². The highest BCUT2D eigenvalue weighted by Gasteiger charge is 2.19. The van der Waals surface area contributed by atoms with Gasteiger partial charge in [0.05, 0.1) is 0 Å². The zero-order chi connectivity index (χ0) is 8.97. The van der Waals surface area contributed by atoms with Crippen LogP contribution in [0.5, 0.6) is 0 Å². The van der Waals surface area contributed by atoms with Crippen LogP contribution < -0.4 is 5.32 Å². The minimum atomic E-state index is -0.746. The van der Waals surface area contributed by atoms with Gasteiger partial charge in [0.25, 0.3) is 0 Å². The molecule has 0 fully saturated rings. The van der Waals surface area contributed by atoms with Crippen molar-refractivity contribution in [1.29, 1.82) is 0 Å². The smallest absolute Gasteiger partial charge is 0.320 e. The molecular weight excluding hydrogens is 154 g/mol. The third-order valence-corrected chi connectivity index (χ3v) is 2.15. The number of hydrogen-bond donors (Lipinski definition) is 2. The zero-order valence-electron chi connectivity index (χ0n) is 7.29. The summed E-state index contributed by atoms with van der Waals surface area (Å²) in [6, 6.07) is -0.0408. The Labute approximate surface area is 72.5 Å². The van der Waals surface area contributed by atoms with Crippen molar-refractivity contribution < 1.29 is 9.90 Å². The molecule has 68 valence electrons. The molecule has 2 N–H and O–H groups in total. The molecule has 0 aromatic rings. The van der Waals surface area contributed by atoms with Gasteiger partial charge < -0.3 is 10.4 Å². The van der Waals surface area contributed by atoms with Crippen molar-refractivity contribution in [2.75, 3.05) is 0 Å². The Hall–Kier alpha value is -0.830. The van der Waals surface area contributed by atoms with Gasteiger partial charge in [-0.15, -0.1) is 0 Å². The van der Waals surface area contributed by atoms with E-state index in [2.05, 4.69) is 17.5 Å². The van der Waals surface area contributed by atoms with Crippen LogP contribution in [0.1, 0.15) is 26.2 Å². The van der Waals surface area contributed by atoms with Gasteiger partial charge in [0, 0.05) is 6.04 Å². The molecule has 0 aliphatic heterocycles. The fourth-order valence-electron chi connectivity index (χ4n) is 1.40. The normalized spacial score (nSPS) is 19.8. The van der Waals surface area contributed by atoms with E-state index in [9.17, 15) is 4.79 Å². The molecule has 0 bridgehead atoms. The SMILES string of the molecule is CCC(NC1CC=CC1)C(=O)O. The quantitative estimate of drug-likeness (QED) is 0.621. The van der Waals surface area contributed by atoms with Crippen molar-refractivity contribution in [3.05, 3.63) is 12.2 Å². The van der Waals surface area contributed by atoms with Gasteiger partial charge in [0.15, 0.2) is 0 Å². The highest BCUT2D eigenvalue weighted by molar-refractivity contribution is 5.73. The largest absolute Gasteiger partial charge is 0.480 e. The van der Waals surface area contributed by atoms with Crippen molar-refractivity contribution >= 4 is 5.97 Å². The highest BCUT2D eigenvalue weighted by Crippen LogP contribution is 2.10. The van der Waals surface area contributed by atoms with Gasteiger partial charge >= 0.3 is 5.97 Å². The molecular formula is C9H15NO2. The molecule has 0 saturated heterocycles. The lowest BCUT2D eigenvalue weighted by molar-refractivity contribution is -0.139. The van der Waals surface area contributed by atoms with Gasteiger partial charge in [0.2, 0.25) is 0 Å². The van der Waals surface area contributed by atoms with Crippen LogP contribution in [0.4, 0.5) is 0 Å². The molecule has 0 aromatic carbocycles. The predicted molar refractivity (Wildman–Crippen MR) is 47.0 cm³/mol. The van der Waals surface area contributed by atoms with Gasteiger partial charge in [0.1, 0.15) is 6.04 Å². The lowest BCUT2D eigenvalue weighted by Crippen LogP contribution is -2.41. The first-order chi connectivity index (χ1) is 5.74. The standard InChI is InChI=1S/C9H15NO2/c1-2-8(9(11)12)10-7-5-3-4-6-7/h3-4,7-8,10H,2,5-6H2,1H3,(H,11,12). The molecule has 1 aliphatic rings. The lowest BCUT2D eigenvalue weighted by atomic mass is 10.1. The fraction of sp³-hybridized carbons (Fsp3) is 0.667. The molecule has 0 heterocycles. The van der Waals surface area contributed by atoms with Crippen molar-refractivity contribution in [1.82, 2.24) is 5.32 Å². The average Bonchev–Trinajstić information content (AvgIpc) is 2.51. The monoisotopic (exact) mass is 169 g/mol. The van der Waals surface area contributed by atoms with Gasteiger partial charge in [-0.25, -0.2) is 0 Å². The third-order valence-electron chi connectivity index (χ3n) is 2.15. The minimum Gasteiger partial charge on any atom is -0.480 e. The van der Waals surface area contributed by atoms with Crippen LogP contribution in [0, 0.1) is 0 Å². The molecule has 1 aliphatic carbocycles. The summed E-state index contributed by atoms with van der Waals surface area (Å²) in [5.41, 5.74) is 0. The Morgan fingerprint density at radius 3 is 2.67 bits per heavy atom. The Bertz CT molecular complexity index is 181. The Morgan fingerprint density at radius 1 is 1.67 bits per heavy atom. The summed E-state index contributed by atoms with van der Waals surface area (Å²) >= 11 is 0. The number of carboxylic acid groups (broad SMARTS) is 1. The summed E-state index contributed by atoms with van der Waals surface area (Å²) in [6.07, 6.45) is 6.75. The molecule has 3 heteroatoms. The molecule has 1 atom stereocenters. The number of carboxylic acids is 1. The topological polar surface area (TPSA) is 49.3 Å². The molecule has 12 heavy (non-hydrogen) atoms. The predicted octanol–water partition coefficient (Wildman–Crippen LogP) is 1.16. The van der Waals surface area contributed by atoms with E-state index in [1.807, 2.05) is 6.92 Å². The molecule has 0 aromatic heterocycles. The van der Waals surface area contributed by atoms with Crippen LogP contribution in [0.25, 0.3) is 0 Å². The maximum absolute atomic E-state index is 10.6. The maximum atomic E-state index is 10.6. The van der Waals surface area contributed by atoms with Crippen molar-refractivity contribution in [3.8, 4) is 0 Å². The summed E-state index contributed by atoms with van der Waals surface area (Å²) in [5, 5.41) is 11.9. The molecule has 1 rings (SSSR count). The number of carbonyl (C=O) groups is 1. The van der Waals surface area contributed by atoms with E-state index in [0.717, 1.165) is 12.8 Å². The molecule has 1 unspecified atom stereocenters. The maximum Gasteiger partial charge on any atom is 0.320 e. The summed E-state index contributed by atoms with van der Waals surface area (Å²) < 4.78 is 0. The molecule has 0 amide bonds. The van der Waals surface area contributed by atoms with Gasteiger partial charge in [-0.3, -0.25) is 4.79 Å². The van der Waals surface area contributed by atoms with E-state index < -0.39 is 5.97 Å². The Balaban J connectivity index is 2.32. The van der Waals surface area contributed by atoms with Crippen molar-refractivity contribution in [2.24, 2.45) is 0 Å². The molecule has 0 spiro atoms. The van der Waals surface area contributed by atoms with Gasteiger partial charge in [-0.2, -0.15) is 0 Å². The van der Waals surface area contributed by atoms with Gasteiger partial charge in [-0.1, -0.05) is 19.1 Å². The average molecular weight is 169 g/mol. The van der Waals surface area contributed by atoms with E-state index in [1.165, 1.54) is 0 Å². The molecule has 3 nitrogen and oxygen atoms in total. The van der Waals surface area contributed by atoms with Crippen LogP contribution in [0.2, 0.25) is 0 Å². The van der Waals surface area contributed by atoms with Crippen LogP contribution in [0.15, 0.2) is 12.2 Å². The minimum absolute atomic E-state index is 0.339. The third kappa shape index (κ3) is 2.34. The summed E-state index contributed by atoms with van der Waals surface area (Å²) in [7, 11) is 0. The first kappa shape index (κ1) is 9.26. The van der Waals surface area contributed by atoms with E-state index in [1.54, 1.807) is 0 Å².